The molecule has 1 N–H and O–H groups in total. The fourth-order valence-corrected chi connectivity index (χ4v) is 1.90. The Balaban J connectivity index is 2.50. The molecule has 2 nitrogen and oxygen atoms in total. The third kappa shape index (κ3) is 2.16. The Morgan fingerprint density at radius 2 is 2.13 bits per heavy atom. The Hall–Kier alpha value is -0.990. The maximum absolute atomic E-state index is 9.74. The molecular formula is C12H13ClO2. The Kier molecular flexibility index (Phi) is 2.49. The van der Waals surface area contributed by atoms with Crippen molar-refractivity contribution in [2.45, 2.75) is 25.9 Å². The van der Waals surface area contributed by atoms with Crippen molar-refractivity contribution in [3.8, 4) is 0 Å². The molecule has 0 spiro atoms. The minimum absolute atomic E-state index is 0.556. The van der Waals surface area contributed by atoms with Crippen LogP contribution in [0.2, 0.25) is 5.02 Å². The summed E-state index contributed by atoms with van der Waals surface area (Å²) in [6.07, 6.45) is 2.22. The number of para-hydroxylation sites is 1. The minimum atomic E-state index is -0.737. The number of fused-ring (bicyclic) bond motifs is 1. The number of rotatable bonds is 2. The molecule has 15 heavy (non-hydrogen) atoms. The van der Waals surface area contributed by atoms with Crippen molar-refractivity contribution in [2.24, 2.45) is 0 Å². The van der Waals surface area contributed by atoms with Crippen molar-refractivity contribution >= 4 is 22.6 Å². The maximum atomic E-state index is 9.74. The van der Waals surface area contributed by atoms with Crippen molar-refractivity contribution < 1.29 is 9.52 Å². The van der Waals surface area contributed by atoms with Gasteiger partial charge in [-0.25, -0.2) is 0 Å². The predicted octanol–water partition coefficient (Wildman–Crippen LogP) is 3.40. The van der Waals surface area contributed by atoms with Crippen LogP contribution in [-0.4, -0.2) is 10.7 Å². The van der Waals surface area contributed by atoms with Crippen LogP contribution in [0.4, 0.5) is 0 Å². The van der Waals surface area contributed by atoms with Gasteiger partial charge in [0.2, 0.25) is 0 Å². The standard InChI is InChI=1S/C12H13ClO2/c1-12(2,14)6-8-7-15-11-9(8)4-3-5-10(11)13/h3-5,7,14H,6H2,1-2H3. The topological polar surface area (TPSA) is 33.4 Å². The van der Waals surface area contributed by atoms with Gasteiger partial charge in [-0.1, -0.05) is 23.7 Å². The maximum Gasteiger partial charge on any atom is 0.152 e. The molecule has 0 saturated heterocycles. The molecule has 0 bridgehead atoms. The zero-order valence-corrected chi connectivity index (χ0v) is 9.51. The quantitative estimate of drug-likeness (QED) is 0.848. The fourth-order valence-electron chi connectivity index (χ4n) is 1.68. The largest absolute Gasteiger partial charge is 0.462 e. The Bertz CT molecular complexity index is 480. The van der Waals surface area contributed by atoms with Gasteiger partial charge in [0.1, 0.15) is 0 Å². The Labute approximate surface area is 93.5 Å². The van der Waals surface area contributed by atoms with E-state index >= 15 is 0 Å². The van der Waals surface area contributed by atoms with Crippen molar-refractivity contribution in [1.29, 1.82) is 0 Å². The molecule has 2 aromatic rings. The number of furan rings is 1. The van der Waals surface area contributed by atoms with Gasteiger partial charge in [-0.2, -0.15) is 0 Å². The molecule has 0 saturated carbocycles. The van der Waals surface area contributed by atoms with Gasteiger partial charge in [-0.05, 0) is 19.9 Å². The van der Waals surface area contributed by atoms with E-state index in [4.69, 9.17) is 16.0 Å². The van der Waals surface area contributed by atoms with Gasteiger partial charge >= 0.3 is 0 Å². The van der Waals surface area contributed by atoms with E-state index in [1.54, 1.807) is 26.2 Å². The molecule has 80 valence electrons. The summed E-state index contributed by atoms with van der Waals surface area (Å²) < 4.78 is 5.38. The highest BCUT2D eigenvalue weighted by atomic mass is 35.5. The van der Waals surface area contributed by atoms with Crippen molar-refractivity contribution in [1.82, 2.24) is 0 Å². The first-order chi connectivity index (χ1) is 6.97. The Morgan fingerprint density at radius 1 is 1.40 bits per heavy atom. The minimum Gasteiger partial charge on any atom is -0.462 e. The molecule has 0 aliphatic carbocycles. The van der Waals surface area contributed by atoms with Crippen molar-refractivity contribution in [3.63, 3.8) is 0 Å². The highest BCUT2D eigenvalue weighted by Gasteiger charge is 2.17. The van der Waals surface area contributed by atoms with Gasteiger partial charge in [0, 0.05) is 17.4 Å². The van der Waals surface area contributed by atoms with Crippen LogP contribution in [0, 0.1) is 0 Å². The lowest BCUT2D eigenvalue weighted by Gasteiger charge is -2.15. The Morgan fingerprint density at radius 3 is 2.80 bits per heavy atom. The average Bonchev–Trinajstić information content (AvgIpc) is 2.48. The summed E-state index contributed by atoms with van der Waals surface area (Å²) in [7, 11) is 0. The molecule has 1 heterocycles. The highest BCUT2D eigenvalue weighted by molar-refractivity contribution is 6.34. The van der Waals surface area contributed by atoms with Crippen LogP contribution in [-0.2, 0) is 6.42 Å². The first-order valence-electron chi connectivity index (χ1n) is 4.84. The van der Waals surface area contributed by atoms with Crippen LogP contribution < -0.4 is 0 Å². The second-order valence-electron chi connectivity index (χ2n) is 4.37. The van der Waals surface area contributed by atoms with Crippen LogP contribution in [0.15, 0.2) is 28.9 Å². The monoisotopic (exact) mass is 224 g/mol. The van der Waals surface area contributed by atoms with E-state index in [9.17, 15) is 5.11 Å². The summed E-state index contributed by atoms with van der Waals surface area (Å²) in [5.74, 6) is 0. The molecule has 0 fully saturated rings. The second kappa shape index (κ2) is 3.54. The van der Waals surface area contributed by atoms with Gasteiger partial charge in [0.25, 0.3) is 0 Å². The van der Waals surface area contributed by atoms with Crippen molar-refractivity contribution in [3.05, 3.63) is 35.0 Å². The van der Waals surface area contributed by atoms with Crippen LogP contribution in [0.3, 0.4) is 0 Å². The van der Waals surface area contributed by atoms with E-state index in [1.807, 2.05) is 12.1 Å². The van der Waals surface area contributed by atoms with Crippen LogP contribution >= 0.6 is 11.6 Å². The predicted molar refractivity (Wildman–Crippen MR) is 61.2 cm³/mol. The van der Waals surface area contributed by atoms with E-state index in [-0.39, 0.29) is 0 Å². The van der Waals surface area contributed by atoms with Crippen LogP contribution in [0.1, 0.15) is 19.4 Å². The first kappa shape index (κ1) is 10.5. The summed E-state index contributed by atoms with van der Waals surface area (Å²) in [4.78, 5) is 0. The first-order valence-corrected chi connectivity index (χ1v) is 5.22. The lowest BCUT2D eigenvalue weighted by atomic mass is 9.98. The smallest absolute Gasteiger partial charge is 0.152 e. The molecule has 2 rings (SSSR count). The fraction of sp³-hybridized carbons (Fsp3) is 0.333. The number of halogens is 1. The highest BCUT2D eigenvalue weighted by Crippen LogP contribution is 2.29. The zero-order chi connectivity index (χ0) is 11.1. The summed E-state index contributed by atoms with van der Waals surface area (Å²) in [5, 5.41) is 11.3. The van der Waals surface area contributed by atoms with Gasteiger partial charge < -0.3 is 9.52 Å². The van der Waals surface area contributed by atoms with Crippen molar-refractivity contribution in [2.75, 3.05) is 0 Å². The normalized spacial score (nSPS) is 12.3. The average molecular weight is 225 g/mol. The molecule has 0 amide bonds. The number of hydrogen-bond donors (Lipinski definition) is 1. The molecule has 1 aromatic heterocycles. The zero-order valence-electron chi connectivity index (χ0n) is 8.75. The lowest BCUT2D eigenvalue weighted by molar-refractivity contribution is 0.0811. The summed E-state index contributed by atoms with van der Waals surface area (Å²) >= 11 is 5.99. The summed E-state index contributed by atoms with van der Waals surface area (Å²) in [6.45, 7) is 3.55. The SMILES string of the molecule is CC(C)(O)Cc1coc2c(Cl)cccc12. The molecule has 0 radical (unpaired) electrons. The van der Waals surface area contributed by atoms with E-state index in [2.05, 4.69) is 0 Å². The molecule has 0 aliphatic rings. The van der Waals surface area contributed by atoms with Crippen LogP contribution in [0.5, 0.6) is 0 Å². The molecule has 0 aliphatic heterocycles. The van der Waals surface area contributed by atoms with E-state index in [0.717, 1.165) is 10.9 Å². The molecule has 0 unspecified atom stereocenters. The number of benzene rings is 1. The molecule has 0 atom stereocenters. The lowest BCUT2D eigenvalue weighted by Crippen LogP contribution is -2.21. The van der Waals surface area contributed by atoms with Gasteiger partial charge in [-0.3, -0.25) is 0 Å². The van der Waals surface area contributed by atoms with E-state index < -0.39 is 5.60 Å². The van der Waals surface area contributed by atoms with Gasteiger partial charge in [0.05, 0.1) is 16.9 Å². The molecular weight excluding hydrogens is 212 g/mol. The number of aliphatic hydroxyl groups is 1. The third-order valence-corrected chi connectivity index (χ3v) is 2.55. The summed E-state index contributed by atoms with van der Waals surface area (Å²) in [5.41, 5.74) is 0.942. The van der Waals surface area contributed by atoms with Crippen LogP contribution in [0.25, 0.3) is 11.0 Å². The van der Waals surface area contributed by atoms with E-state index in [1.165, 1.54) is 0 Å². The molecule has 3 heteroatoms. The van der Waals surface area contributed by atoms with Gasteiger partial charge in [0.15, 0.2) is 5.58 Å². The second-order valence-corrected chi connectivity index (χ2v) is 4.77. The molecule has 1 aromatic carbocycles. The van der Waals surface area contributed by atoms with E-state index in [0.29, 0.717) is 17.0 Å². The summed E-state index contributed by atoms with van der Waals surface area (Å²) in [6, 6.07) is 5.63. The van der Waals surface area contributed by atoms with Gasteiger partial charge in [-0.15, -0.1) is 0 Å². The third-order valence-electron chi connectivity index (χ3n) is 2.26. The number of hydrogen-bond acceptors (Lipinski definition) is 2.